The van der Waals surface area contributed by atoms with Crippen LogP contribution in [0, 0.1) is 11.2 Å². The van der Waals surface area contributed by atoms with Crippen molar-refractivity contribution in [2.75, 3.05) is 26.8 Å². The number of rotatable bonds is 13. The van der Waals surface area contributed by atoms with E-state index < -0.39 is 0 Å². The zero-order valence-corrected chi connectivity index (χ0v) is 23.0. The molecule has 0 aliphatic rings. The van der Waals surface area contributed by atoms with Crippen LogP contribution in [0.5, 0.6) is 0 Å². The smallest absolute Gasteiger partial charge is 0.242 e. The van der Waals surface area contributed by atoms with Crippen molar-refractivity contribution in [2.45, 2.75) is 53.2 Å². The molecule has 6 nitrogen and oxygen atoms in total. The summed E-state index contributed by atoms with van der Waals surface area (Å²) < 4.78 is 20.6. The maximum absolute atomic E-state index is 13.7. The number of carbonyl (C=O) groups is 2. The molecule has 3 rings (SSSR count). The van der Waals surface area contributed by atoms with Crippen molar-refractivity contribution in [1.82, 2.24) is 14.4 Å². The molecule has 7 heteroatoms. The number of halogens is 1. The molecule has 2 aromatic carbocycles. The Kier molecular flexibility index (Phi) is 10.7. The zero-order valence-electron chi connectivity index (χ0n) is 23.0. The maximum atomic E-state index is 13.7. The molecule has 1 aromatic heterocycles. The SMILES string of the molecule is COCCCN(CC(=O)N(Cc1ccccc1)Cc1cccn1Cc1ccc(F)cc1)C(=O)CC(C)(C)C. The molecule has 2 amide bonds. The lowest BCUT2D eigenvalue weighted by Gasteiger charge is -2.30. The van der Waals surface area contributed by atoms with Crippen molar-refractivity contribution in [3.63, 3.8) is 0 Å². The summed E-state index contributed by atoms with van der Waals surface area (Å²) in [4.78, 5) is 30.4. The van der Waals surface area contributed by atoms with Crippen molar-refractivity contribution in [3.8, 4) is 0 Å². The second-order valence-corrected chi connectivity index (χ2v) is 10.9. The third-order valence-electron chi connectivity index (χ3n) is 6.25. The van der Waals surface area contributed by atoms with Crippen molar-refractivity contribution in [3.05, 3.63) is 95.6 Å². The Morgan fingerprint density at radius 1 is 0.868 bits per heavy atom. The van der Waals surface area contributed by atoms with E-state index in [9.17, 15) is 14.0 Å². The van der Waals surface area contributed by atoms with Crippen LogP contribution >= 0.6 is 0 Å². The topological polar surface area (TPSA) is 54.8 Å². The lowest BCUT2D eigenvalue weighted by molar-refractivity contribution is -0.142. The van der Waals surface area contributed by atoms with Crippen molar-refractivity contribution >= 4 is 11.8 Å². The fourth-order valence-corrected chi connectivity index (χ4v) is 4.29. The second-order valence-electron chi connectivity index (χ2n) is 10.9. The largest absolute Gasteiger partial charge is 0.385 e. The first-order valence-electron chi connectivity index (χ1n) is 13.1. The van der Waals surface area contributed by atoms with E-state index in [2.05, 4.69) is 4.57 Å². The van der Waals surface area contributed by atoms with E-state index in [4.69, 9.17) is 4.74 Å². The average molecular weight is 522 g/mol. The van der Waals surface area contributed by atoms with E-state index in [0.29, 0.717) is 45.6 Å². The summed E-state index contributed by atoms with van der Waals surface area (Å²) in [5.74, 6) is -0.401. The molecule has 0 bridgehead atoms. The summed E-state index contributed by atoms with van der Waals surface area (Å²) in [6.07, 6.45) is 3.00. The first kappa shape index (κ1) is 29.1. The Hall–Kier alpha value is -3.45. The number of benzene rings is 2. The van der Waals surface area contributed by atoms with E-state index in [1.807, 2.05) is 69.4 Å². The first-order chi connectivity index (χ1) is 18.1. The van der Waals surface area contributed by atoms with Gasteiger partial charge in [-0.2, -0.15) is 0 Å². The fourth-order valence-electron chi connectivity index (χ4n) is 4.29. The van der Waals surface area contributed by atoms with Crippen LogP contribution in [0.1, 0.15) is 50.4 Å². The van der Waals surface area contributed by atoms with Crippen LogP contribution in [0.3, 0.4) is 0 Å². The van der Waals surface area contributed by atoms with E-state index >= 15 is 0 Å². The van der Waals surface area contributed by atoms with E-state index in [-0.39, 0.29) is 29.6 Å². The summed E-state index contributed by atoms with van der Waals surface area (Å²) in [6, 6.07) is 20.3. The van der Waals surface area contributed by atoms with Gasteiger partial charge in [-0.3, -0.25) is 9.59 Å². The predicted molar refractivity (Wildman–Crippen MR) is 148 cm³/mol. The molecule has 0 aliphatic carbocycles. The zero-order chi connectivity index (χ0) is 27.5. The molecule has 0 aliphatic heterocycles. The summed E-state index contributed by atoms with van der Waals surface area (Å²) in [6.45, 7) is 8.48. The number of carbonyl (C=O) groups excluding carboxylic acids is 2. The minimum atomic E-state index is -0.267. The Bertz CT molecular complexity index is 1150. The van der Waals surface area contributed by atoms with Gasteiger partial charge in [0.05, 0.1) is 13.1 Å². The molecule has 0 unspecified atom stereocenters. The van der Waals surface area contributed by atoms with Gasteiger partial charge in [0.1, 0.15) is 5.82 Å². The van der Waals surface area contributed by atoms with Gasteiger partial charge in [-0.25, -0.2) is 4.39 Å². The average Bonchev–Trinajstić information content (AvgIpc) is 3.30. The van der Waals surface area contributed by atoms with Crippen molar-refractivity contribution in [2.24, 2.45) is 5.41 Å². The highest BCUT2D eigenvalue weighted by Gasteiger charge is 2.25. The van der Waals surface area contributed by atoms with E-state index in [0.717, 1.165) is 16.8 Å². The fraction of sp³-hybridized carbons (Fsp3) is 0.419. The monoisotopic (exact) mass is 521 g/mol. The number of nitrogens with zero attached hydrogens (tertiary/aromatic N) is 3. The number of amides is 2. The van der Waals surface area contributed by atoms with Gasteiger partial charge >= 0.3 is 0 Å². The van der Waals surface area contributed by atoms with Gasteiger partial charge < -0.3 is 19.1 Å². The highest BCUT2D eigenvalue weighted by molar-refractivity contribution is 5.85. The van der Waals surface area contributed by atoms with Crippen LogP contribution in [0.4, 0.5) is 4.39 Å². The molecule has 0 spiro atoms. The second kappa shape index (κ2) is 13.9. The molecular formula is C31H40FN3O3. The molecule has 38 heavy (non-hydrogen) atoms. The molecular weight excluding hydrogens is 481 g/mol. The minimum absolute atomic E-state index is 0.0180. The Morgan fingerprint density at radius 3 is 2.24 bits per heavy atom. The van der Waals surface area contributed by atoms with E-state index in [1.165, 1.54) is 12.1 Å². The summed E-state index contributed by atoms with van der Waals surface area (Å²) in [7, 11) is 1.63. The number of hydrogen-bond acceptors (Lipinski definition) is 3. The Balaban J connectivity index is 1.80. The summed E-state index contributed by atoms with van der Waals surface area (Å²) in [5, 5.41) is 0. The molecule has 0 atom stereocenters. The van der Waals surface area contributed by atoms with Crippen LogP contribution in [0.2, 0.25) is 0 Å². The highest BCUT2D eigenvalue weighted by Crippen LogP contribution is 2.21. The first-order valence-corrected chi connectivity index (χ1v) is 13.1. The van der Waals surface area contributed by atoms with Gasteiger partial charge in [0.25, 0.3) is 0 Å². The third-order valence-corrected chi connectivity index (χ3v) is 6.25. The molecule has 0 N–H and O–H groups in total. The number of ether oxygens (including phenoxy) is 1. The minimum Gasteiger partial charge on any atom is -0.385 e. The molecule has 0 fully saturated rings. The summed E-state index contributed by atoms with van der Waals surface area (Å²) >= 11 is 0. The normalized spacial score (nSPS) is 11.4. The predicted octanol–water partition coefficient (Wildman–Crippen LogP) is 5.51. The molecule has 3 aromatic rings. The third kappa shape index (κ3) is 9.45. The van der Waals surface area contributed by atoms with Crippen LogP contribution in [0.15, 0.2) is 72.9 Å². The van der Waals surface area contributed by atoms with Gasteiger partial charge in [0.2, 0.25) is 11.8 Å². The van der Waals surface area contributed by atoms with Crippen LogP contribution in [-0.2, 0) is 34.0 Å². The number of methoxy groups -OCH3 is 1. The molecule has 0 radical (unpaired) electrons. The lowest BCUT2D eigenvalue weighted by atomic mass is 9.91. The highest BCUT2D eigenvalue weighted by atomic mass is 19.1. The van der Waals surface area contributed by atoms with Gasteiger partial charge in [0.15, 0.2) is 0 Å². The Labute approximate surface area is 226 Å². The van der Waals surface area contributed by atoms with E-state index in [1.54, 1.807) is 29.0 Å². The van der Waals surface area contributed by atoms with Crippen LogP contribution in [-0.4, -0.2) is 53.0 Å². The molecule has 0 saturated carbocycles. The summed E-state index contributed by atoms with van der Waals surface area (Å²) in [5.41, 5.74) is 2.78. The molecule has 1 heterocycles. The van der Waals surface area contributed by atoms with Crippen LogP contribution < -0.4 is 0 Å². The Morgan fingerprint density at radius 2 is 1.58 bits per heavy atom. The quantitative estimate of drug-likeness (QED) is 0.279. The number of hydrogen-bond donors (Lipinski definition) is 0. The maximum Gasteiger partial charge on any atom is 0.242 e. The van der Waals surface area contributed by atoms with Gasteiger partial charge in [-0.15, -0.1) is 0 Å². The number of aromatic nitrogens is 1. The van der Waals surface area contributed by atoms with Gasteiger partial charge in [0, 0.05) is 51.7 Å². The van der Waals surface area contributed by atoms with Crippen molar-refractivity contribution in [1.29, 1.82) is 0 Å². The van der Waals surface area contributed by atoms with Crippen molar-refractivity contribution < 1.29 is 18.7 Å². The molecule has 204 valence electrons. The standard InChI is InChI=1S/C31H40FN3O3/c1-31(2,3)20-29(36)34(18-9-19-38-4)24-30(37)35(22-25-10-6-5-7-11-25)23-28-12-8-17-33(28)21-26-13-15-27(32)16-14-26/h5-8,10-17H,9,18-24H2,1-4H3. The van der Waals surface area contributed by atoms with Gasteiger partial charge in [-0.05, 0) is 47.2 Å². The van der Waals surface area contributed by atoms with Gasteiger partial charge in [-0.1, -0.05) is 63.2 Å². The lowest BCUT2D eigenvalue weighted by Crippen LogP contribution is -2.44. The van der Waals surface area contributed by atoms with Crippen LogP contribution in [0.25, 0.3) is 0 Å². The molecule has 0 saturated heterocycles.